The molecule has 0 saturated heterocycles. The van der Waals surface area contributed by atoms with Crippen molar-refractivity contribution in [3.05, 3.63) is 78.1 Å². The van der Waals surface area contributed by atoms with Gasteiger partial charge in [0.1, 0.15) is 0 Å². The molecule has 0 saturated carbocycles. The average Bonchev–Trinajstić information content (AvgIpc) is 2.42. The highest BCUT2D eigenvalue weighted by atomic mass is 14.9. The van der Waals surface area contributed by atoms with Gasteiger partial charge in [0.2, 0.25) is 0 Å². The number of allylic oxidation sites excluding steroid dienone is 2. The van der Waals surface area contributed by atoms with E-state index < -0.39 is 0 Å². The average molecular weight is 250 g/mol. The summed E-state index contributed by atoms with van der Waals surface area (Å²) in [6.45, 7) is 9.06. The monoisotopic (exact) mass is 250 g/mol. The van der Waals surface area contributed by atoms with Crippen LogP contribution in [0.15, 0.2) is 61.4 Å². The minimum atomic E-state index is 0.877. The van der Waals surface area contributed by atoms with E-state index in [-0.39, 0.29) is 0 Å². The molecule has 1 aromatic carbocycles. The van der Waals surface area contributed by atoms with Gasteiger partial charge in [-0.25, -0.2) is 4.57 Å². The molecule has 0 unspecified atom stereocenters. The van der Waals surface area contributed by atoms with Gasteiger partial charge in [-0.3, -0.25) is 0 Å². The van der Waals surface area contributed by atoms with E-state index in [9.17, 15) is 0 Å². The van der Waals surface area contributed by atoms with Gasteiger partial charge in [-0.05, 0) is 25.0 Å². The summed E-state index contributed by atoms with van der Waals surface area (Å²) in [6, 6.07) is 12.6. The standard InChI is InChI=1S/C18H20N/c1-4-9-18-16(10-8-11-17(18)15(2)3)14-19-12-6-5-7-13-19/h4-13H,2,14H2,1,3H3/q+1. The van der Waals surface area contributed by atoms with E-state index >= 15 is 0 Å². The van der Waals surface area contributed by atoms with Crippen LogP contribution in [0.25, 0.3) is 11.6 Å². The van der Waals surface area contributed by atoms with Crippen molar-refractivity contribution in [1.82, 2.24) is 0 Å². The van der Waals surface area contributed by atoms with Crippen LogP contribution in [0.1, 0.15) is 30.5 Å². The molecule has 0 atom stereocenters. The van der Waals surface area contributed by atoms with Crippen molar-refractivity contribution >= 4 is 11.6 Å². The largest absolute Gasteiger partial charge is 0.201 e. The third kappa shape index (κ3) is 3.19. The van der Waals surface area contributed by atoms with Gasteiger partial charge < -0.3 is 0 Å². The summed E-state index contributed by atoms with van der Waals surface area (Å²) in [5.74, 6) is 0. The number of pyridine rings is 1. The van der Waals surface area contributed by atoms with Crippen molar-refractivity contribution in [2.75, 3.05) is 0 Å². The maximum atomic E-state index is 4.08. The van der Waals surface area contributed by atoms with E-state index in [2.05, 4.69) is 79.9 Å². The summed E-state index contributed by atoms with van der Waals surface area (Å²) in [4.78, 5) is 0. The lowest BCUT2D eigenvalue weighted by Crippen LogP contribution is -2.33. The van der Waals surface area contributed by atoms with Gasteiger partial charge in [0.15, 0.2) is 18.9 Å². The molecular formula is C18H20N+. The highest BCUT2D eigenvalue weighted by Crippen LogP contribution is 2.22. The molecule has 1 nitrogen and oxygen atoms in total. The Morgan fingerprint density at radius 3 is 2.53 bits per heavy atom. The first-order chi connectivity index (χ1) is 9.22. The molecule has 19 heavy (non-hydrogen) atoms. The number of benzene rings is 1. The zero-order valence-corrected chi connectivity index (χ0v) is 11.6. The van der Waals surface area contributed by atoms with E-state index in [1.54, 1.807) is 0 Å². The van der Waals surface area contributed by atoms with Gasteiger partial charge in [0.25, 0.3) is 0 Å². The number of hydrogen-bond acceptors (Lipinski definition) is 0. The van der Waals surface area contributed by atoms with Gasteiger partial charge >= 0.3 is 0 Å². The molecular weight excluding hydrogens is 230 g/mol. The van der Waals surface area contributed by atoms with Crippen molar-refractivity contribution in [2.45, 2.75) is 20.4 Å². The van der Waals surface area contributed by atoms with Crippen LogP contribution in [0.3, 0.4) is 0 Å². The normalized spacial score (nSPS) is 10.8. The summed E-state index contributed by atoms with van der Waals surface area (Å²) in [5.41, 5.74) is 4.92. The fourth-order valence-electron chi connectivity index (χ4n) is 2.22. The Labute approximate surface area is 115 Å². The highest BCUT2D eigenvalue weighted by molar-refractivity contribution is 5.73. The van der Waals surface area contributed by atoms with Crippen LogP contribution in [-0.2, 0) is 6.54 Å². The Hall–Kier alpha value is -2.15. The van der Waals surface area contributed by atoms with Gasteiger partial charge in [0, 0.05) is 17.7 Å². The van der Waals surface area contributed by atoms with Crippen LogP contribution in [0.4, 0.5) is 0 Å². The number of hydrogen-bond donors (Lipinski definition) is 0. The summed E-state index contributed by atoms with van der Waals surface area (Å²) in [6.07, 6.45) is 8.43. The number of rotatable bonds is 4. The zero-order chi connectivity index (χ0) is 13.7. The van der Waals surface area contributed by atoms with Crippen LogP contribution in [0, 0.1) is 0 Å². The number of nitrogens with zero attached hydrogens (tertiary/aromatic N) is 1. The maximum Gasteiger partial charge on any atom is 0.174 e. The molecule has 2 rings (SSSR count). The summed E-state index contributed by atoms with van der Waals surface area (Å²) in [7, 11) is 0. The van der Waals surface area contributed by atoms with Crippen LogP contribution in [-0.4, -0.2) is 0 Å². The minimum absolute atomic E-state index is 0.877. The predicted octanol–water partition coefficient (Wildman–Crippen LogP) is 4.09. The highest BCUT2D eigenvalue weighted by Gasteiger charge is 2.09. The van der Waals surface area contributed by atoms with Crippen LogP contribution in [0.2, 0.25) is 0 Å². The molecule has 0 amide bonds. The van der Waals surface area contributed by atoms with Gasteiger partial charge in [-0.2, -0.15) is 0 Å². The first-order valence-electron chi connectivity index (χ1n) is 6.57. The summed E-state index contributed by atoms with van der Waals surface area (Å²) >= 11 is 0. The molecule has 0 aliphatic carbocycles. The molecule has 96 valence electrons. The maximum absolute atomic E-state index is 4.08. The molecule has 1 aromatic heterocycles. The Bertz CT molecular complexity index is 594. The lowest BCUT2D eigenvalue weighted by atomic mass is 9.96. The predicted molar refractivity (Wildman–Crippen MR) is 81.6 cm³/mol. The lowest BCUT2D eigenvalue weighted by molar-refractivity contribution is -0.688. The molecule has 0 bridgehead atoms. The van der Waals surface area contributed by atoms with Crippen molar-refractivity contribution in [3.63, 3.8) is 0 Å². The Morgan fingerprint density at radius 1 is 1.16 bits per heavy atom. The van der Waals surface area contributed by atoms with E-state index in [0.29, 0.717) is 0 Å². The molecule has 0 aliphatic rings. The van der Waals surface area contributed by atoms with Gasteiger partial charge in [0.05, 0.1) is 0 Å². The van der Waals surface area contributed by atoms with E-state index in [4.69, 9.17) is 0 Å². The molecule has 0 fully saturated rings. The number of aromatic nitrogens is 1. The van der Waals surface area contributed by atoms with E-state index in [0.717, 1.165) is 12.1 Å². The van der Waals surface area contributed by atoms with Gasteiger partial charge in [-0.1, -0.05) is 48.6 Å². The molecule has 0 N–H and O–H groups in total. The Balaban J connectivity index is 2.45. The molecule has 2 aromatic rings. The SMILES string of the molecule is C=C(C)c1cccc(C[n+]2ccccc2)c1C=CC. The summed E-state index contributed by atoms with van der Waals surface area (Å²) < 4.78 is 2.19. The third-order valence-corrected chi connectivity index (χ3v) is 3.12. The third-order valence-electron chi connectivity index (χ3n) is 3.12. The quantitative estimate of drug-likeness (QED) is 0.720. The Kier molecular flexibility index (Phi) is 4.30. The first-order valence-corrected chi connectivity index (χ1v) is 6.57. The van der Waals surface area contributed by atoms with Crippen molar-refractivity contribution < 1.29 is 4.57 Å². The molecule has 0 aliphatic heterocycles. The van der Waals surface area contributed by atoms with E-state index in [1.807, 2.05) is 6.07 Å². The van der Waals surface area contributed by atoms with E-state index in [1.165, 1.54) is 16.7 Å². The molecule has 0 radical (unpaired) electrons. The second kappa shape index (κ2) is 6.14. The zero-order valence-electron chi connectivity index (χ0n) is 11.6. The topological polar surface area (TPSA) is 3.88 Å². The first kappa shape index (κ1) is 13.3. The van der Waals surface area contributed by atoms with Crippen molar-refractivity contribution in [2.24, 2.45) is 0 Å². The fraction of sp³-hybridized carbons (Fsp3) is 0.167. The second-order valence-corrected chi connectivity index (χ2v) is 4.71. The second-order valence-electron chi connectivity index (χ2n) is 4.71. The molecule has 1 heterocycles. The minimum Gasteiger partial charge on any atom is -0.201 e. The molecule has 1 heteroatoms. The molecule has 0 spiro atoms. The Morgan fingerprint density at radius 2 is 1.89 bits per heavy atom. The van der Waals surface area contributed by atoms with Crippen LogP contribution >= 0.6 is 0 Å². The van der Waals surface area contributed by atoms with Crippen LogP contribution < -0.4 is 4.57 Å². The van der Waals surface area contributed by atoms with Gasteiger partial charge in [-0.15, -0.1) is 0 Å². The lowest BCUT2D eigenvalue weighted by Gasteiger charge is -2.10. The smallest absolute Gasteiger partial charge is 0.174 e. The van der Waals surface area contributed by atoms with Crippen molar-refractivity contribution in [1.29, 1.82) is 0 Å². The van der Waals surface area contributed by atoms with Crippen LogP contribution in [0.5, 0.6) is 0 Å². The summed E-state index contributed by atoms with van der Waals surface area (Å²) in [5, 5.41) is 0. The fourth-order valence-corrected chi connectivity index (χ4v) is 2.22. The van der Waals surface area contributed by atoms with Crippen molar-refractivity contribution in [3.8, 4) is 0 Å².